The lowest BCUT2D eigenvalue weighted by Crippen LogP contribution is -2.31. The first-order valence-corrected chi connectivity index (χ1v) is 7.45. The van der Waals surface area contributed by atoms with Crippen molar-refractivity contribution in [2.75, 3.05) is 12.0 Å². The van der Waals surface area contributed by atoms with Crippen LogP contribution in [0.4, 0.5) is 37.7 Å². The summed E-state index contributed by atoms with van der Waals surface area (Å²) in [5, 5.41) is 11.0. The summed E-state index contributed by atoms with van der Waals surface area (Å²) in [5.74, 6) is -1.75. The number of hydrazine groups is 1. The van der Waals surface area contributed by atoms with Crippen molar-refractivity contribution >= 4 is 17.3 Å². The van der Waals surface area contributed by atoms with Crippen molar-refractivity contribution in [2.45, 2.75) is 12.4 Å². The lowest BCUT2D eigenvalue weighted by Gasteiger charge is -2.13. The molecule has 2 rings (SSSR count). The van der Waals surface area contributed by atoms with E-state index in [1.165, 1.54) is 6.07 Å². The van der Waals surface area contributed by atoms with E-state index in [1.54, 1.807) is 0 Å². The fraction of sp³-hybridized carbons (Fsp3) is 0.200. The summed E-state index contributed by atoms with van der Waals surface area (Å²) in [4.78, 5) is 25.5. The Balaban J connectivity index is 2.19. The molecular weight excluding hydrogens is 414 g/mol. The van der Waals surface area contributed by atoms with Crippen LogP contribution in [0.1, 0.15) is 15.9 Å². The maximum atomic E-state index is 12.7. The van der Waals surface area contributed by atoms with Crippen molar-refractivity contribution in [3.8, 4) is 5.88 Å². The minimum atomic E-state index is -4.83. The zero-order chi connectivity index (χ0) is 21.8. The second-order valence-electron chi connectivity index (χ2n) is 5.33. The molecule has 0 radical (unpaired) electrons. The monoisotopic (exact) mass is 424 g/mol. The van der Waals surface area contributed by atoms with E-state index in [-0.39, 0.29) is 6.07 Å². The predicted molar refractivity (Wildman–Crippen MR) is 85.0 cm³/mol. The number of benzene rings is 1. The SMILES string of the molecule is O=C(NNc1ccc(C(F)(F)F)cc1[N+](=O)[O-])c1cccnc1OCC(F)(F)F. The fourth-order valence-electron chi connectivity index (χ4n) is 1.98. The second-order valence-corrected chi connectivity index (χ2v) is 5.33. The van der Waals surface area contributed by atoms with E-state index in [2.05, 4.69) is 15.1 Å². The average molecular weight is 424 g/mol. The number of pyridine rings is 1. The molecule has 0 atom stereocenters. The smallest absolute Gasteiger partial charge is 0.422 e. The number of rotatable bonds is 6. The van der Waals surface area contributed by atoms with Crippen molar-refractivity contribution in [1.29, 1.82) is 0 Å². The number of nitro benzene ring substituents is 1. The molecule has 0 aliphatic heterocycles. The summed E-state index contributed by atoms with van der Waals surface area (Å²) in [6.07, 6.45) is -8.45. The molecule has 8 nitrogen and oxygen atoms in total. The maximum absolute atomic E-state index is 12.7. The van der Waals surface area contributed by atoms with Gasteiger partial charge in [-0.15, -0.1) is 0 Å². The van der Waals surface area contributed by atoms with Gasteiger partial charge in [0.05, 0.1) is 10.5 Å². The minimum absolute atomic E-state index is 0.260. The Kier molecular flexibility index (Phi) is 6.14. The Morgan fingerprint density at radius 2 is 1.86 bits per heavy atom. The molecule has 0 fully saturated rings. The Labute approximate surface area is 157 Å². The number of hydrogen-bond donors (Lipinski definition) is 2. The van der Waals surface area contributed by atoms with Gasteiger partial charge in [0, 0.05) is 12.3 Å². The van der Waals surface area contributed by atoms with Gasteiger partial charge in [-0.25, -0.2) is 4.98 Å². The molecule has 156 valence electrons. The number of amides is 1. The number of aromatic nitrogens is 1. The minimum Gasteiger partial charge on any atom is -0.467 e. The van der Waals surface area contributed by atoms with Gasteiger partial charge in [0.25, 0.3) is 11.6 Å². The van der Waals surface area contributed by atoms with Gasteiger partial charge in [-0.2, -0.15) is 26.3 Å². The van der Waals surface area contributed by atoms with Crippen molar-refractivity contribution in [3.05, 3.63) is 57.8 Å². The van der Waals surface area contributed by atoms with Gasteiger partial charge in [0.1, 0.15) is 11.3 Å². The van der Waals surface area contributed by atoms with Gasteiger partial charge in [-0.1, -0.05) is 0 Å². The lowest BCUT2D eigenvalue weighted by atomic mass is 10.1. The van der Waals surface area contributed by atoms with Crippen LogP contribution in [0.15, 0.2) is 36.5 Å². The quantitative estimate of drug-likeness (QED) is 0.416. The van der Waals surface area contributed by atoms with Crippen LogP contribution in [0.3, 0.4) is 0 Å². The van der Waals surface area contributed by atoms with Gasteiger partial charge in [0.2, 0.25) is 5.88 Å². The van der Waals surface area contributed by atoms with Crippen LogP contribution in [0.5, 0.6) is 5.88 Å². The molecule has 29 heavy (non-hydrogen) atoms. The Morgan fingerprint density at radius 1 is 1.17 bits per heavy atom. The number of carbonyl (C=O) groups excluding carboxylic acids is 1. The van der Waals surface area contributed by atoms with Gasteiger partial charge in [-0.05, 0) is 24.3 Å². The van der Waals surface area contributed by atoms with Crippen molar-refractivity contribution in [1.82, 2.24) is 10.4 Å². The highest BCUT2D eigenvalue weighted by molar-refractivity contribution is 5.97. The molecule has 0 saturated heterocycles. The Hall–Kier alpha value is -3.58. The van der Waals surface area contributed by atoms with Crippen LogP contribution >= 0.6 is 0 Å². The molecule has 0 bridgehead atoms. The summed E-state index contributed by atoms with van der Waals surface area (Å²) in [5.41, 5.74) is 0.786. The van der Waals surface area contributed by atoms with Crippen LogP contribution in [-0.2, 0) is 6.18 Å². The number of nitro groups is 1. The number of nitrogens with zero attached hydrogens (tertiary/aromatic N) is 2. The molecule has 0 aliphatic rings. The predicted octanol–water partition coefficient (Wildman–Crippen LogP) is 3.71. The summed E-state index contributed by atoms with van der Waals surface area (Å²) < 4.78 is 79.3. The van der Waals surface area contributed by atoms with Crippen LogP contribution in [-0.4, -0.2) is 28.6 Å². The molecule has 2 aromatic rings. The molecule has 1 aromatic carbocycles. The third kappa shape index (κ3) is 5.95. The molecule has 0 spiro atoms. The largest absolute Gasteiger partial charge is 0.467 e. The van der Waals surface area contributed by atoms with Crippen LogP contribution in [0, 0.1) is 10.1 Å². The molecule has 1 heterocycles. The van der Waals surface area contributed by atoms with E-state index in [1.807, 2.05) is 5.43 Å². The van der Waals surface area contributed by atoms with Crippen LogP contribution in [0.25, 0.3) is 0 Å². The number of halogens is 6. The molecule has 1 amide bonds. The standard InChI is InChI=1S/C15H10F6N4O4/c16-14(17,18)7-29-13-9(2-1-5-22-13)12(26)24-23-10-4-3-8(15(19,20)21)6-11(10)25(27)28/h1-6,23H,7H2,(H,24,26). The van der Waals surface area contributed by atoms with Gasteiger partial charge >= 0.3 is 12.4 Å². The van der Waals surface area contributed by atoms with E-state index >= 15 is 0 Å². The maximum Gasteiger partial charge on any atom is 0.422 e. The average Bonchev–Trinajstić information content (AvgIpc) is 2.63. The normalized spacial score (nSPS) is 11.7. The zero-order valence-electron chi connectivity index (χ0n) is 14.0. The van der Waals surface area contributed by atoms with Gasteiger partial charge in [0.15, 0.2) is 6.61 Å². The third-order valence-corrected chi connectivity index (χ3v) is 3.22. The van der Waals surface area contributed by atoms with Crippen molar-refractivity contribution in [2.24, 2.45) is 0 Å². The highest BCUT2D eigenvalue weighted by atomic mass is 19.4. The van der Waals surface area contributed by atoms with Crippen LogP contribution < -0.4 is 15.6 Å². The van der Waals surface area contributed by atoms with Crippen LogP contribution in [0.2, 0.25) is 0 Å². The lowest BCUT2D eigenvalue weighted by molar-refractivity contribution is -0.384. The molecular formula is C15H10F6N4O4. The number of alkyl halides is 6. The fourth-order valence-corrected chi connectivity index (χ4v) is 1.98. The van der Waals surface area contributed by atoms with Gasteiger partial charge in [-0.3, -0.25) is 25.8 Å². The molecule has 1 aromatic heterocycles. The molecule has 0 saturated carbocycles. The second kappa shape index (κ2) is 8.20. The van der Waals surface area contributed by atoms with Crippen molar-refractivity contribution in [3.63, 3.8) is 0 Å². The summed E-state index contributed by atoms with van der Waals surface area (Å²) in [6, 6.07) is 3.80. The first kappa shape index (κ1) is 21.7. The third-order valence-electron chi connectivity index (χ3n) is 3.22. The molecule has 0 unspecified atom stereocenters. The first-order chi connectivity index (χ1) is 13.4. The Bertz CT molecular complexity index is 916. The highest BCUT2D eigenvalue weighted by Crippen LogP contribution is 2.34. The zero-order valence-corrected chi connectivity index (χ0v) is 14.0. The van der Waals surface area contributed by atoms with E-state index in [9.17, 15) is 41.3 Å². The van der Waals surface area contributed by atoms with Crippen molar-refractivity contribution < 1.29 is 40.8 Å². The topological polar surface area (TPSA) is 106 Å². The van der Waals surface area contributed by atoms with E-state index in [4.69, 9.17) is 0 Å². The number of carbonyl (C=O) groups is 1. The number of nitrogens with one attached hydrogen (secondary N) is 2. The highest BCUT2D eigenvalue weighted by Gasteiger charge is 2.33. The molecule has 0 aliphatic carbocycles. The summed E-state index contributed by atoms with van der Waals surface area (Å²) in [7, 11) is 0. The molecule has 14 heteroatoms. The van der Waals surface area contributed by atoms with E-state index in [0.29, 0.717) is 12.1 Å². The number of hydrogen-bond acceptors (Lipinski definition) is 6. The summed E-state index contributed by atoms with van der Waals surface area (Å²) in [6.45, 7) is -1.72. The molecule has 2 N–H and O–H groups in total. The van der Waals surface area contributed by atoms with E-state index in [0.717, 1.165) is 12.3 Å². The van der Waals surface area contributed by atoms with E-state index < -0.39 is 58.2 Å². The number of ether oxygens (including phenoxy) is 1. The Morgan fingerprint density at radius 3 is 2.45 bits per heavy atom. The first-order valence-electron chi connectivity index (χ1n) is 7.45. The summed E-state index contributed by atoms with van der Waals surface area (Å²) >= 11 is 0. The van der Waals surface area contributed by atoms with Gasteiger partial charge < -0.3 is 4.74 Å². The number of anilines is 1.